The van der Waals surface area contributed by atoms with Crippen LogP contribution in [0.4, 0.5) is 0 Å². The van der Waals surface area contributed by atoms with Gasteiger partial charge in [0.15, 0.2) is 0 Å². The number of imidazole rings is 1. The minimum Gasteiger partial charge on any atom is -0.481 e. The molecule has 1 aromatic rings. The van der Waals surface area contributed by atoms with Crippen LogP contribution >= 0.6 is 0 Å². The maximum Gasteiger partial charge on any atom is 0.305 e. The van der Waals surface area contributed by atoms with Gasteiger partial charge in [-0.1, -0.05) is 13.8 Å². The normalized spacial score (nSPS) is 13.1. The molecule has 14 heavy (non-hydrogen) atoms. The molecule has 1 heterocycles. The van der Waals surface area contributed by atoms with Crippen molar-refractivity contribution in [2.24, 2.45) is 0 Å². The first-order chi connectivity index (χ1) is 6.52. The number of aliphatic carboxylic acids is 1. The Bertz CT molecular complexity index is 318. The third kappa shape index (κ3) is 2.34. The largest absolute Gasteiger partial charge is 0.481 e. The molecule has 0 bridgehead atoms. The third-order valence-electron chi connectivity index (χ3n) is 2.16. The molecule has 0 saturated carbocycles. The lowest BCUT2D eigenvalue weighted by molar-refractivity contribution is -0.137. The fraction of sp³-hybridized carbons (Fsp3) is 0.600. The van der Waals surface area contributed by atoms with Crippen LogP contribution in [0.15, 0.2) is 12.4 Å². The van der Waals surface area contributed by atoms with Crippen molar-refractivity contribution in [2.45, 2.75) is 39.2 Å². The van der Waals surface area contributed by atoms with E-state index in [2.05, 4.69) is 4.98 Å². The van der Waals surface area contributed by atoms with Gasteiger partial charge in [-0.15, -0.1) is 0 Å². The second-order valence-corrected chi connectivity index (χ2v) is 3.79. The Morgan fingerprint density at radius 1 is 1.57 bits per heavy atom. The van der Waals surface area contributed by atoms with Gasteiger partial charge >= 0.3 is 5.97 Å². The van der Waals surface area contributed by atoms with Gasteiger partial charge in [0.05, 0.1) is 6.42 Å². The lowest BCUT2D eigenvalue weighted by Gasteiger charge is -2.15. The van der Waals surface area contributed by atoms with E-state index in [9.17, 15) is 4.79 Å². The van der Waals surface area contributed by atoms with Crippen molar-refractivity contribution in [3.63, 3.8) is 0 Å². The Labute approximate surface area is 83.6 Å². The summed E-state index contributed by atoms with van der Waals surface area (Å²) >= 11 is 0. The Morgan fingerprint density at radius 2 is 2.21 bits per heavy atom. The molecule has 4 nitrogen and oxygen atoms in total. The summed E-state index contributed by atoms with van der Waals surface area (Å²) in [5, 5.41) is 8.68. The summed E-state index contributed by atoms with van der Waals surface area (Å²) < 4.78 is 1.93. The highest BCUT2D eigenvalue weighted by molar-refractivity contribution is 5.67. The van der Waals surface area contributed by atoms with Crippen molar-refractivity contribution in [1.82, 2.24) is 9.55 Å². The molecule has 0 aliphatic carbocycles. The maximum absolute atomic E-state index is 10.6. The predicted octanol–water partition coefficient (Wildman–Crippen LogP) is 2.04. The number of hydrogen-bond donors (Lipinski definition) is 1. The number of nitrogens with zero attached hydrogens (tertiary/aromatic N) is 2. The van der Waals surface area contributed by atoms with Crippen LogP contribution in [0.2, 0.25) is 0 Å². The first-order valence-electron chi connectivity index (χ1n) is 4.77. The number of carboxylic acids is 1. The molecular weight excluding hydrogens is 180 g/mol. The standard InChI is InChI=1S/C10H16N2O2/c1-7(2)10-11-4-5-12(10)8(3)6-9(13)14/h4-5,7-8H,6H2,1-3H3,(H,13,14)/t8-/m1/s1. The van der Waals surface area contributed by atoms with E-state index in [0.717, 1.165) is 5.82 Å². The van der Waals surface area contributed by atoms with E-state index < -0.39 is 5.97 Å². The summed E-state index contributed by atoms with van der Waals surface area (Å²) in [6, 6.07) is -0.0348. The summed E-state index contributed by atoms with van der Waals surface area (Å²) in [5.74, 6) is 0.487. The van der Waals surface area contributed by atoms with Gasteiger partial charge in [-0.05, 0) is 6.92 Å². The van der Waals surface area contributed by atoms with E-state index in [1.165, 1.54) is 0 Å². The van der Waals surface area contributed by atoms with Crippen LogP contribution in [0.3, 0.4) is 0 Å². The zero-order valence-corrected chi connectivity index (χ0v) is 8.77. The Kier molecular flexibility index (Phi) is 3.28. The number of aromatic nitrogens is 2. The fourth-order valence-electron chi connectivity index (χ4n) is 1.50. The van der Waals surface area contributed by atoms with Gasteiger partial charge in [0.1, 0.15) is 5.82 Å². The van der Waals surface area contributed by atoms with Crippen molar-refractivity contribution in [3.05, 3.63) is 18.2 Å². The number of hydrogen-bond acceptors (Lipinski definition) is 2. The van der Waals surface area contributed by atoms with Crippen molar-refractivity contribution in [1.29, 1.82) is 0 Å². The molecule has 0 saturated heterocycles. The van der Waals surface area contributed by atoms with Gasteiger partial charge in [-0.2, -0.15) is 0 Å². The highest BCUT2D eigenvalue weighted by Crippen LogP contribution is 2.18. The molecule has 1 N–H and O–H groups in total. The smallest absolute Gasteiger partial charge is 0.305 e. The second-order valence-electron chi connectivity index (χ2n) is 3.79. The minimum atomic E-state index is -0.777. The van der Waals surface area contributed by atoms with Gasteiger partial charge < -0.3 is 9.67 Å². The monoisotopic (exact) mass is 196 g/mol. The molecule has 0 unspecified atom stereocenters. The van der Waals surface area contributed by atoms with E-state index in [1.54, 1.807) is 6.20 Å². The van der Waals surface area contributed by atoms with Crippen LogP contribution in [0.1, 0.15) is 45.0 Å². The molecule has 0 spiro atoms. The molecule has 1 rings (SSSR count). The van der Waals surface area contributed by atoms with Crippen molar-refractivity contribution >= 4 is 5.97 Å². The average Bonchev–Trinajstić information content (AvgIpc) is 2.49. The highest BCUT2D eigenvalue weighted by atomic mass is 16.4. The van der Waals surface area contributed by atoms with Crippen LogP contribution < -0.4 is 0 Å². The molecule has 4 heteroatoms. The van der Waals surface area contributed by atoms with Gasteiger partial charge in [0.2, 0.25) is 0 Å². The zero-order valence-electron chi connectivity index (χ0n) is 8.77. The van der Waals surface area contributed by atoms with Crippen LogP contribution in [-0.2, 0) is 4.79 Å². The maximum atomic E-state index is 10.6. The van der Waals surface area contributed by atoms with Crippen LogP contribution in [0, 0.1) is 0 Å². The van der Waals surface area contributed by atoms with E-state index in [0.29, 0.717) is 5.92 Å². The minimum absolute atomic E-state index is 0.0348. The topological polar surface area (TPSA) is 55.1 Å². The van der Waals surface area contributed by atoms with E-state index in [-0.39, 0.29) is 12.5 Å². The van der Waals surface area contributed by atoms with Gasteiger partial charge in [-0.25, -0.2) is 4.98 Å². The number of rotatable bonds is 4. The summed E-state index contributed by atoms with van der Waals surface area (Å²) in [5.41, 5.74) is 0. The Hall–Kier alpha value is -1.32. The molecule has 0 aliphatic rings. The quantitative estimate of drug-likeness (QED) is 0.801. The van der Waals surface area contributed by atoms with Crippen molar-refractivity contribution in [3.8, 4) is 0 Å². The lowest BCUT2D eigenvalue weighted by Crippen LogP contribution is -2.13. The fourth-order valence-corrected chi connectivity index (χ4v) is 1.50. The first kappa shape index (κ1) is 10.8. The van der Waals surface area contributed by atoms with Crippen LogP contribution in [0.25, 0.3) is 0 Å². The van der Waals surface area contributed by atoms with Crippen LogP contribution in [-0.4, -0.2) is 20.6 Å². The summed E-state index contributed by atoms with van der Waals surface area (Å²) in [4.78, 5) is 14.8. The molecule has 1 aromatic heterocycles. The average molecular weight is 196 g/mol. The van der Waals surface area contributed by atoms with E-state index in [4.69, 9.17) is 5.11 Å². The molecule has 0 aliphatic heterocycles. The SMILES string of the molecule is CC(C)c1nccn1[C@H](C)CC(=O)O. The second kappa shape index (κ2) is 4.26. The summed E-state index contributed by atoms with van der Waals surface area (Å²) in [7, 11) is 0. The van der Waals surface area contributed by atoms with Gasteiger partial charge in [0, 0.05) is 24.4 Å². The van der Waals surface area contributed by atoms with Crippen LogP contribution in [0.5, 0.6) is 0 Å². The lowest BCUT2D eigenvalue weighted by atomic mass is 10.1. The Balaban J connectivity index is 2.83. The molecule has 1 atom stereocenters. The summed E-state index contributed by atoms with van der Waals surface area (Å²) in [6.07, 6.45) is 3.69. The molecule has 0 fully saturated rings. The Morgan fingerprint density at radius 3 is 2.71 bits per heavy atom. The molecule has 0 amide bonds. The summed E-state index contributed by atoms with van der Waals surface area (Å²) in [6.45, 7) is 5.99. The van der Waals surface area contributed by atoms with E-state index >= 15 is 0 Å². The molecule has 0 radical (unpaired) electrons. The molecular formula is C10H16N2O2. The molecule has 78 valence electrons. The zero-order chi connectivity index (χ0) is 10.7. The van der Waals surface area contributed by atoms with Crippen molar-refractivity contribution < 1.29 is 9.90 Å². The predicted molar refractivity (Wildman–Crippen MR) is 53.3 cm³/mol. The number of carbonyl (C=O) groups is 1. The van der Waals surface area contributed by atoms with Gasteiger partial charge in [-0.3, -0.25) is 4.79 Å². The third-order valence-corrected chi connectivity index (χ3v) is 2.16. The highest BCUT2D eigenvalue weighted by Gasteiger charge is 2.14. The first-order valence-corrected chi connectivity index (χ1v) is 4.77. The number of carboxylic acid groups (broad SMARTS) is 1. The van der Waals surface area contributed by atoms with Crippen molar-refractivity contribution in [2.75, 3.05) is 0 Å². The van der Waals surface area contributed by atoms with Gasteiger partial charge in [0.25, 0.3) is 0 Å². The molecule has 0 aromatic carbocycles. The van der Waals surface area contributed by atoms with E-state index in [1.807, 2.05) is 31.5 Å².